The van der Waals surface area contributed by atoms with Gasteiger partial charge in [0.25, 0.3) is 0 Å². The van der Waals surface area contributed by atoms with Gasteiger partial charge >= 0.3 is 0 Å². The van der Waals surface area contributed by atoms with Gasteiger partial charge in [0.2, 0.25) is 0 Å². The molecule has 0 saturated heterocycles. The van der Waals surface area contributed by atoms with Crippen molar-refractivity contribution in [2.45, 2.75) is 55.4 Å². The van der Waals surface area contributed by atoms with Crippen LogP contribution in [0.1, 0.15) is 55.4 Å². The fraction of sp³-hybridized carbons (Fsp3) is 0.600. The van der Waals surface area contributed by atoms with Gasteiger partial charge in [-0.05, 0) is 91.0 Å². The summed E-state index contributed by atoms with van der Waals surface area (Å²) in [5, 5.41) is 7.14. The summed E-state index contributed by atoms with van der Waals surface area (Å²) < 4.78 is 0. The monoisotopic (exact) mass is 330 g/mol. The van der Waals surface area contributed by atoms with Crippen LogP contribution in [0.15, 0.2) is 43.5 Å². The molecule has 2 heteroatoms. The third-order valence-electron chi connectivity index (χ3n) is 7.63. The van der Waals surface area contributed by atoms with Crippen LogP contribution in [0.3, 0.4) is 0 Å². The lowest BCUT2D eigenvalue weighted by Gasteiger charge is -2.32. The van der Waals surface area contributed by atoms with Crippen molar-refractivity contribution in [2.75, 3.05) is 12.3 Å². The molecule has 4 rings (SSSR count). The van der Waals surface area contributed by atoms with Crippen LogP contribution in [0.4, 0.5) is 0 Å². The van der Waals surface area contributed by atoms with E-state index in [1.807, 2.05) is 10.6 Å². The fourth-order valence-electron chi connectivity index (χ4n) is 5.14. The van der Waals surface area contributed by atoms with Crippen LogP contribution in [0.5, 0.6) is 0 Å². The minimum absolute atomic E-state index is 0.0309. The van der Waals surface area contributed by atoms with E-state index >= 15 is 0 Å². The first-order chi connectivity index (χ1) is 10.1. The lowest BCUT2D eigenvalue weighted by Crippen LogP contribution is -2.19. The third-order valence-corrected chi connectivity index (χ3v) is 14.2. The standard InChI is InChI=1S/C20H28P2/c1-11-15(5)21-9-19(11,7)13(3)17(21)18-14(4)20(8)10-22(18)16(6)12(20)2/h9-10H2,1-8H3/t19-,20-,21?,22?/m0/s1. The van der Waals surface area contributed by atoms with Crippen LogP contribution >= 0.6 is 15.8 Å². The van der Waals surface area contributed by atoms with E-state index in [0.29, 0.717) is 10.8 Å². The summed E-state index contributed by atoms with van der Waals surface area (Å²) in [6.07, 6.45) is 2.80. The van der Waals surface area contributed by atoms with Crippen molar-refractivity contribution in [3.8, 4) is 0 Å². The van der Waals surface area contributed by atoms with Gasteiger partial charge in [0.05, 0.1) is 0 Å². The largest absolute Gasteiger partial charge is 0.0592 e. The molecule has 118 valence electrons. The lowest BCUT2D eigenvalue weighted by molar-refractivity contribution is 0.557. The average Bonchev–Trinajstić information content (AvgIpc) is 3.05. The molecule has 4 bridgehead atoms. The Morgan fingerprint density at radius 2 is 0.909 bits per heavy atom. The molecule has 0 N–H and O–H groups in total. The molecule has 22 heavy (non-hydrogen) atoms. The summed E-state index contributed by atoms with van der Waals surface area (Å²) in [4.78, 5) is 0. The SMILES string of the molecule is CC1=C(C)[C@]2(C)CP1C(C1=C(C)[C@@]3(C)CP1C(C)=C3C)=C2C. The second-order valence-electron chi connectivity index (χ2n) is 8.20. The maximum absolute atomic E-state index is 2.50. The van der Waals surface area contributed by atoms with Crippen molar-refractivity contribution in [3.05, 3.63) is 43.5 Å². The van der Waals surface area contributed by atoms with Crippen molar-refractivity contribution in [2.24, 2.45) is 10.8 Å². The molecule has 0 aliphatic carbocycles. The van der Waals surface area contributed by atoms with Gasteiger partial charge in [-0.25, -0.2) is 0 Å². The molecule has 4 aliphatic rings. The molecule has 0 spiro atoms. The Morgan fingerprint density at radius 3 is 1.18 bits per heavy atom. The number of rotatable bonds is 1. The minimum atomic E-state index is -0.0309. The van der Waals surface area contributed by atoms with Gasteiger partial charge in [-0.2, -0.15) is 0 Å². The average molecular weight is 330 g/mol. The highest BCUT2D eigenvalue weighted by atomic mass is 31.1. The van der Waals surface area contributed by atoms with Crippen molar-refractivity contribution in [1.29, 1.82) is 0 Å². The highest BCUT2D eigenvalue weighted by Gasteiger charge is 2.55. The summed E-state index contributed by atoms with van der Waals surface area (Å²) in [5.41, 5.74) is 7.57. The summed E-state index contributed by atoms with van der Waals surface area (Å²) >= 11 is 0. The predicted molar refractivity (Wildman–Crippen MR) is 102 cm³/mol. The molecule has 4 heterocycles. The molecule has 4 atom stereocenters. The number of allylic oxidation sites excluding steroid dienone is 8. The van der Waals surface area contributed by atoms with Crippen molar-refractivity contribution in [1.82, 2.24) is 0 Å². The van der Waals surface area contributed by atoms with Crippen LogP contribution in [-0.4, -0.2) is 12.3 Å². The summed E-state index contributed by atoms with van der Waals surface area (Å²) in [6.45, 7) is 19.5. The molecular formula is C20H28P2. The van der Waals surface area contributed by atoms with E-state index in [2.05, 4.69) is 55.4 Å². The van der Waals surface area contributed by atoms with Crippen molar-refractivity contribution in [3.63, 3.8) is 0 Å². The molecule has 0 aromatic heterocycles. The highest BCUT2D eigenvalue weighted by Crippen LogP contribution is 2.82. The van der Waals surface area contributed by atoms with E-state index in [-0.39, 0.29) is 15.8 Å². The van der Waals surface area contributed by atoms with Gasteiger partial charge < -0.3 is 0 Å². The molecule has 0 aromatic rings. The van der Waals surface area contributed by atoms with E-state index in [1.54, 1.807) is 32.9 Å². The van der Waals surface area contributed by atoms with E-state index in [1.165, 1.54) is 12.3 Å². The second kappa shape index (κ2) is 4.26. The summed E-state index contributed by atoms with van der Waals surface area (Å²) in [5.74, 6) is 0. The fourth-order valence-corrected chi connectivity index (χ4v) is 13.0. The number of hydrogen-bond acceptors (Lipinski definition) is 0. The van der Waals surface area contributed by atoms with Gasteiger partial charge in [0.15, 0.2) is 0 Å². The molecule has 0 fully saturated rings. The van der Waals surface area contributed by atoms with Crippen molar-refractivity contribution >= 4 is 15.8 Å². The second-order valence-corrected chi connectivity index (χ2v) is 12.8. The minimum Gasteiger partial charge on any atom is -0.0592 e. The molecule has 0 amide bonds. The molecule has 0 saturated carbocycles. The Hall–Kier alpha value is -0.180. The summed E-state index contributed by atoms with van der Waals surface area (Å²) in [6, 6.07) is 0. The number of fused-ring (bicyclic) bond motifs is 4. The van der Waals surface area contributed by atoms with Gasteiger partial charge in [-0.1, -0.05) is 36.1 Å². The Balaban J connectivity index is 1.90. The van der Waals surface area contributed by atoms with Crippen LogP contribution in [0, 0.1) is 10.8 Å². The zero-order valence-corrected chi connectivity index (χ0v) is 17.1. The first kappa shape index (κ1) is 15.4. The normalized spacial score (nSPS) is 43.6. The van der Waals surface area contributed by atoms with Crippen LogP contribution in [0.25, 0.3) is 0 Å². The Bertz CT molecular complexity index is 682. The van der Waals surface area contributed by atoms with E-state index in [4.69, 9.17) is 0 Å². The Morgan fingerprint density at radius 1 is 0.591 bits per heavy atom. The van der Waals surface area contributed by atoms with E-state index < -0.39 is 0 Å². The zero-order chi connectivity index (χ0) is 16.2. The van der Waals surface area contributed by atoms with Gasteiger partial charge in [-0.3, -0.25) is 0 Å². The van der Waals surface area contributed by atoms with Crippen LogP contribution in [0.2, 0.25) is 0 Å². The molecule has 4 aliphatic heterocycles. The van der Waals surface area contributed by atoms with Gasteiger partial charge in [-0.15, -0.1) is 0 Å². The number of hydrogen-bond donors (Lipinski definition) is 0. The first-order valence-corrected chi connectivity index (χ1v) is 11.5. The zero-order valence-electron chi connectivity index (χ0n) is 15.3. The molecule has 0 aromatic carbocycles. The maximum atomic E-state index is 2.50. The molecule has 2 unspecified atom stereocenters. The highest BCUT2D eigenvalue weighted by molar-refractivity contribution is 7.73. The predicted octanol–water partition coefficient (Wildman–Crippen LogP) is 7.15. The van der Waals surface area contributed by atoms with Crippen LogP contribution < -0.4 is 0 Å². The maximum Gasteiger partial charge on any atom is 0.0148 e. The molecule has 0 nitrogen and oxygen atoms in total. The van der Waals surface area contributed by atoms with Crippen LogP contribution in [-0.2, 0) is 0 Å². The smallest absolute Gasteiger partial charge is 0.0148 e. The van der Waals surface area contributed by atoms with E-state index in [9.17, 15) is 0 Å². The van der Waals surface area contributed by atoms with E-state index in [0.717, 1.165) is 0 Å². The quantitative estimate of drug-likeness (QED) is 0.448. The van der Waals surface area contributed by atoms with Gasteiger partial charge in [0, 0.05) is 10.8 Å². The first-order valence-electron chi connectivity index (χ1n) is 8.48. The topological polar surface area (TPSA) is 0 Å². The Kier molecular flexibility index (Phi) is 2.97. The third kappa shape index (κ3) is 1.44. The lowest BCUT2D eigenvalue weighted by atomic mass is 9.76. The van der Waals surface area contributed by atoms with Gasteiger partial charge in [0.1, 0.15) is 0 Å². The summed E-state index contributed by atoms with van der Waals surface area (Å²) in [7, 11) is -0.0618. The molecular weight excluding hydrogens is 302 g/mol. The van der Waals surface area contributed by atoms with Crippen molar-refractivity contribution < 1.29 is 0 Å². The molecule has 0 radical (unpaired) electrons. The Labute approximate surface area is 138 Å².